The molecule has 1 aromatic heterocycles. The van der Waals surface area contributed by atoms with Gasteiger partial charge in [-0.15, -0.1) is 0 Å². The lowest BCUT2D eigenvalue weighted by Gasteiger charge is -2.28. The summed E-state index contributed by atoms with van der Waals surface area (Å²) in [5, 5.41) is 11.2. The van der Waals surface area contributed by atoms with E-state index in [1.165, 1.54) is 31.4 Å². The van der Waals surface area contributed by atoms with Crippen LogP contribution in [0.3, 0.4) is 0 Å². The fourth-order valence-electron chi connectivity index (χ4n) is 3.77. The minimum absolute atomic E-state index is 0.0270. The zero-order chi connectivity index (χ0) is 26.4. The number of hydrogen-bond donors (Lipinski definition) is 2. The fourth-order valence-corrected chi connectivity index (χ4v) is 3.77. The third-order valence-corrected chi connectivity index (χ3v) is 5.70. The van der Waals surface area contributed by atoms with Crippen LogP contribution < -0.4 is 20.3 Å². The van der Waals surface area contributed by atoms with Crippen LogP contribution >= 0.6 is 0 Å². The first-order valence-electron chi connectivity index (χ1n) is 11.5. The van der Waals surface area contributed by atoms with Crippen molar-refractivity contribution in [2.75, 3.05) is 26.9 Å². The minimum atomic E-state index is -0.753. The summed E-state index contributed by atoms with van der Waals surface area (Å²) in [4.78, 5) is 31.9. The quantitative estimate of drug-likeness (QED) is 0.445. The Hall–Kier alpha value is -4.08. The third kappa shape index (κ3) is 6.19. The number of methoxy groups -OCH3 is 1. The number of ether oxygens (including phenoxy) is 4. The monoisotopic (exact) mass is 514 g/mol. The highest BCUT2D eigenvalue weighted by Crippen LogP contribution is 2.26. The highest BCUT2D eigenvalue weighted by Gasteiger charge is 2.23. The first-order valence-corrected chi connectivity index (χ1v) is 11.5. The Balaban J connectivity index is 1.43. The van der Waals surface area contributed by atoms with Gasteiger partial charge in [0.2, 0.25) is 0 Å². The molecule has 0 radical (unpaired) electrons. The Kier molecular flexibility index (Phi) is 8.27. The summed E-state index contributed by atoms with van der Waals surface area (Å²) in [7, 11) is 1.33. The summed E-state index contributed by atoms with van der Waals surface area (Å²) in [6.07, 6.45) is 0.0454. The van der Waals surface area contributed by atoms with Gasteiger partial charge in [0.25, 0.3) is 11.5 Å². The van der Waals surface area contributed by atoms with Gasteiger partial charge in [0.15, 0.2) is 29.0 Å². The number of nitriles is 1. The predicted octanol–water partition coefficient (Wildman–Crippen LogP) is 2.61. The summed E-state index contributed by atoms with van der Waals surface area (Å²) in [6, 6.07) is 8.54. The van der Waals surface area contributed by atoms with E-state index in [4.69, 9.17) is 24.2 Å². The molecule has 1 aliphatic heterocycles. The second-order valence-electron chi connectivity index (χ2n) is 8.25. The number of aromatic amines is 1. The molecule has 0 bridgehead atoms. The molecule has 0 spiro atoms. The van der Waals surface area contributed by atoms with Gasteiger partial charge in [-0.05, 0) is 29.8 Å². The van der Waals surface area contributed by atoms with Crippen molar-refractivity contribution in [3.63, 3.8) is 0 Å². The number of nitrogens with one attached hydrogen (secondary N) is 2. The number of halogens is 2. The number of nitrogens with zero attached hydrogens (tertiary/aromatic N) is 2. The minimum Gasteiger partial charge on any atom is -0.494 e. The van der Waals surface area contributed by atoms with Crippen molar-refractivity contribution in [1.29, 1.82) is 5.26 Å². The number of H-pyrrole nitrogens is 1. The molecule has 2 atom stereocenters. The van der Waals surface area contributed by atoms with E-state index in [-0.39, 0.29) is 73.2 Å². The van der Waals surface area contributed by atoms with Crippen molar-refractivity contribution in [2.24, 2.45) is 0 Å². The maximum absolute atomic E-state index is 14.6. The van der Waals surface area contributed by atoms with Crippen LogP contribution in [0.2, 0.25) is 0 Å². The SMILES string of the molecule is COc1cc(CNC(=O)c2nc3ccc(F)c(OCCC4COC(CC#N)CO4)c3c(=O)[nH]2)ccc1F. The number of benzene rings is 2. The van der Waals surface area contributed by atoms with Crippen LogP contribution in [0.1, 0.15) is 29.0 Å². The van der Waals surface area contributed by atoms with Gasteiger partial charge in [-0.3, -0.25) is 9.59 Å². The van der Waals surface area contributed by atoms with Crippen molar-refractivity contribution in [3.8, 4) is 17.6 Å². The first kappa shape index (κ1) is 26.0. The second kappa shape index (κ2) is 11.8. The molecule has 1 saturated heterocycles. The maximum Gasteiger partial charge on any atom is 0.287 e. The van der Waals surface area contributed by atoms with Crippen LogP contribution in [0.25, 0.3) is 10.9 Å². The van der Waals surface area contributed by atoms with Crippen molar-refractivity contribution in [2.45, 2.75) is 31.6 Å². The standard InChI is InChI=1S/C25H24F2N4O6/c1-34-20-10-14(2-3-17(20)26)11-29-25(33)23-30-19-5-4-18(27)22(21(19)24(32)31-23)35-9-7-16-13-36-15(6-8-28)12-37-16/h2-5,10,15-16H,6-7,9,11-13H2,1H3,(H,29,33)(H,30,31,32). The number of fused-ring (bicyclic) bond motifs is 1. The number of amides is 1. The molecule has 10 nitrogen and oxygen atoms in total. The largest absolute Gasteiger partial charge is 0.494 e. The van der Waals surface area contributed by atoms with E-state index in [9.17, 15) is 18.4 Å². The third-order valence-electron chi connectivity index (χ3n) is 5.70. The van der Waals surface area contributed by atoms with Gasteiger partial charge in [0.1, 0.15) is 5.39 Å². The summed E-state index contributed by atoms with van der Waals surface area (Å²) in [6.45, 7) is 0.623. The highest BCUT2D eigenvalue weighted by atomic mass is 19.1. The van der Waals surface area contributed by atoms with E-state index in [1.54, 1.807) is 0 Å². The Bertz CT molecular complexity index is 1380. The summed E-state index contributed by atoms with van der Waals surface area (Å²) in [5.74, 6) is -2.49. The van der Waals surface area contributed by atoms with Crippen LogP contribution in [0.4, 0.5) is 8.78 Å². The molecule has 2 N–H and O–H groups in total. The number of rotatable bonds is 9. The van der Waals surface area contributed by atoms with E-state index >= 15 is 0 Å². The fraction of sp³-hybridized carbons (Fsp3) is 0.360. The molecule has 2 heterocycles. The maximum atomic E-state index is 14.6. The topological polar surface area (TPSA) is 136 Å². The molecule has 0 aliphatic carbocycles. The molecule has 3 aromatic rings. The van der Waals surface area contributed by atoms with Crippen LogP contribution in [-0.4, -0.2) is 55.0 Å². The zero-order valence-electron chi connectivity index (χ0n) is 19.9. The average Bonchev–Trinajstić information content (AvgIpc) is 2.90. The Labute approximate surface area is 210 Å². The van der Waals surface area contributed by atoms with E-state index in [1.807, 2.05) is 6.07 Å². The summed E-state index contributed by atoms with van der Waals surface area (Å²) in [5.41, 5.74) is -0.101. The lowest BCUT2D eigenvalue weighted by Crippen LogP contribution is -2.36. The van der Waals surface area contributed by atoms with E-state index < -0.39 is 23.1 Å². The van der Waals surface area contributed by atoms with Crippen LogP contribution in [0, 0.1) is 23.0 Å². The molecule has 0 saturated carbocycles. The smallest absolute Gasteiger partial charge is 0.287 e. The lowest BCUT2D eigenvalue weighted by atomic mass is 10.2. The molecule has 4 rings (SSSR count). The summed E-state index contributed by atoms with van der Waals surface area (Å²) >= 11 is 0. The van der Waals surface area contributed by atoms with Gasteiger partial charge in [-0.1, -0.05) is 6.07 Å². The molecule has 2 unspecified atom stereocenters. The molecule has 37 heavy (non-hydrogen) atoms. The van der Waals surface area contributed by atoms with Crippen LogP contribution in [0.15, 0.2) is 35.1 Å². The number of carbonyl (C=O) groups is 1. The van der Waals surface area contributed by atoms with Gasteiger partial charge >= 0.3 is 0 Å². The Morgan fingerprint density at radius 3 is 2.70 bits per heavy atom. The number of aromatic nitrogens is 2. The molecular weight excluding hydrogens is 490 g/mol. The van der Waals surface area contributed by atoms with Crippen molar-refractivity contribution < 1.29 is 32.5 Å². The molecule has 1 aliphatic rings. The normalized spacial score (nSPS) is 17.2. The predicted molar refractivity (Wildman–Crippen MR) is 126 cm³/mol. The van der Waals surface area contributed by atoms with Gasteiger partial charge in [0, 0.05) is 13.0 Å². The molecule has 1 fully saturated rings. The van der Waals surface area contributed by atoms with E-state index in [2.05, 4.69) is 15.3 Å². The first-order chi connectivity index (χ1) is 17.9. The zero-order valence-corrected chi connectivity index (χ0v) is 19.9. The molecule has 12 heteroatoms. The molecular formula is C25H24F2N4O6. The Morgan fingerprint density at radius 2 is 1.97 bits per heavy atom. The van der Waals surface area contributed by atoms with Crippen LogP contribution in [0.5, 0.6) is 11.5 Å². The molecule has 1 amide bonds. The van der Waals surface area contributed by atoms with E-state index in [0.29, 0.717) is 12.0 Å². The second-order valence-corrected chi connectivity index (χ2v) is 8.25. The molecule has 194 valence electrons. The van der Waals surface area contributed by atoms with Gasteiger partial charge < -0.3 is 29.2 Å². The van der Waals surface area contributed by atoms with Gasteiger partial charge in [-0.25, -0.2) is 13.8 Å². The number of hydrogen-bond acceptors (Lipinski definition) is 8. The number of carbonyl (C=O) groups excluding carboxylic acids is 1. The van der Waals surface area contributed by atoms with Crippen molar-refractivity contribution in [3.05, 3.63) is 63.7 Å². The van der Waals surface area contributed by atoms with Crippen molar-refractivity contribution >= 4 is 16.8 Å². The Morgan fingerprint density at radius 1 is 1.22 bits per heavy atom. The van der Waals surface area contributed by atoms with Gasteiger partial charge in [-0.2, -0.15) is 5.26 Å². The average molecular weight is 514 g/mol. The lowest BCUT2D eigenvalue weighted by molar-refractivity contribution is -0.134. The van der Waals surface area contributed by atoms with E-state index in [0.717, 1.165) is 6.07 Å². The summed E-state index contributed by atoms with van der Waals surface area (Å²) < 4.78 is 49.8. The van der Waals surface area contributed by atoms with Crippen molar-refractivity contribution in [1.82, 2.24) is 15.3 Å². The highest BCUT2D eigenvalue weighted by molar-refractivity contribution is 5.93. The molecule has 2 aromatic carbocycles. The van der Waals surface area contributed by atoms with Gasteiger partial charge in [0.05, 0.1) is 57.1 Å². The van der Waals surface area contributed by atoms with Crippen LogP contribution in [-0.2, 0) is 16.0 Å².